The fourth-order valence-corrected chi connectivity index (χ4v) is 2.40. The van der Waals surface area contributed by atoms with Crippen molar-refractivity contribution in [3.05, 3.63) is 12.2 Å². The Morgan fingerprint density at radius 2 is 2.44 bits per heavy atom. The molecule has 88 valence electrons. The summed E-state index contributed by atoms with van der Waals surface area (Å²) in [4.78, 5) is 17.9. The predicted molar refractivity (Wildman–Crippen MR) is 59.4 cm³/mol. The molecular formula is C11H18N4O. The molecule has 5 heteroatoms. The number of rotatable bonds is 3. The van der Waals surface area contributed by atoms with Crippen molar-refractivity contribution in [1.82, 2.24) is 20.1 Å². The van der Waals surface area contributed by atoms with Crippen LogP contribution < -0.4 is 0 Å². The Balaban J connectivity index is 1.94. The highest BCUT2D eigenvalue weighted by atomic mass is 16.2. The first-order valence-corrected chi connectivity index (χ1v) is 5.77. The van der Waals surface area contributed by atoms with Crippen molar-refractivity contribution in [2.45, 2.75) is 32.7 Å². The molecule has 0 aliphatic heterocycles. The third-order valence-corrected chi connectivity index (χ3v) is 3.41. The van der Waals surface area contributed by atoms with E-state index in [1.165, 1.54) is 19.2 Å². The smallest absolute Gasteiger partial charge is 0.226 e. The van der Waals surface area contributed by atoms with E-state index in [2.05, 4.69) is 22.1 Å². The van der Waals surface area contributed by atoms with Gasteiger partial charge in [0.05, 0.1) is 6.54 Å². The number of H-pyrrole nitrogens is 1. The molecule has 1 aromatic rings. The molecule has 0 aromatic carbocycles. The third kappa shape index (κ3) is 2.23. The average molecular weight is 222 g/mol. The first kappa shape index (κ1) is 11.1. The SMILES string of the molecule is CC1CCCC1C(=O)N(C)Cc1ncn[nH]1. The summed E-state index contributed by atoms with van der Waals surface area (Å²) < 4.78 is 0. The Labute approximate surface area is 95.2 Å². The van der Waals surface area contributed by atoms with Gasteiger partial charge in [0.25, 0.3) is 0 Å². The fourth-order valence-electron chi connectivity index (χ4n) is 2.40. The Morgan fingerprint density at radius 3 is 3.00 bits per heavy atom. The van der Waals surface area contributed by atoms with E-state index in [1.807, 2.05) is 7.05 Å². The molecule has 1 amide bonds. The molecule has 2 unspecified atom stereocenters. The summed E-state index contributed by atoms with van der Waals surface area (Å²) in [7, 11) is 1.83. The van der Waals surface area contributed by atoms with Crippen molar-refractivity contribution in [3.8, 4) is 0 Å². The highest BCUT2D eigenvalue weighted by molar-refractivity contribution is 5.79. The van der Waals surface area contributed by atoms with Gasteiger partial charge < -0.3 is 4.90 Å². The van der Waals surface area contributed by atoms with Gasteiger partial charge in [-0.2, -0.15) is 5.10 Å². The van der Waals surface area contributed by atoms with Crippen LogP contribution in [0.2, 0.25) is 0 Å². The summed E-state index contributed by atoms with van der Waals surface area (Å²) in [5, 5.41) is 6.54. The zero-order valence-corrected chi connectivity index (χ0v) is 9.81. The Hall–Kier alpha value is -1.39. The number of carbonyl (C=O) groups excluding carboxylic acids is 1. The van der Waals surface area contributed by atoms with Crippen LogP contribution in [-0.4, -0.2) is 33.0 Å². The summed E-state index contributed by atoms with van der Waals surface area (Å²) in [5.41, 5.74) is 0. The van der Waals surface area contributed by atoms with E-state index in [-0.39, 0.29) is 11.8 Å². The number of nitrogens with zero attached hydrogens (tertiary/aromatic N) is 3. The maximum absolute atomic E-state index is 12.1. The van der Waals surface area contributed by atoms with E-state index in [4.69, 9.17) is 0 Å². The molecule has 0 spiro atoms. The molecular weight excluding hydrogens is 204 g/mol. The second kappa shape index (κ2) is 4.63. The van der Waals surface area contributed by atoms with Gasteiger partial charge in [0.1, 0.15) is 12.2 Å². The van der Waals surface area contributed by atoms with Crippen molar-refractivity contribution in [1.29, 1.82) is 0 Å². The average Bonchev–Trinajstić information content (AvgIpc) is 2.88. The topological polar surface area (TPSA) is 61.9 Å². The van der Waals surface area contributed by atoms with Gasteiger partial charge in [0.2, 0.25) is 5.91 Å². The molecule has 1 heterocycles. The number of aromatic nitrogens is 3. The third-order valence-electron chi connectivity index (χ3n) is 3.41. The van der Waals surface area contributed by atoms with E-state index >= 15 is 0 Å². The van der Waals surface area contributed by atoms with Crippen molar-refractivity contribution in [2.75, 3.05) is 7.05 Å². The highest BCUT2D eigenvalue weighted by Crippen LogP contribution is 2.32. The molecule has 1 fully saturated rings. The lowest BCUT2D eigenvalue weighted by Crippen LogP contribution is -2.33. The zero-order chi connectivity index (χ0) is 11.5. The van der Waals surface area contributed by atoms with Gasteiger partial charge in [0.15, 0.2) is 0 Å². The number of carbonyl (C=O) groups is 1. The molecule has 5 nitrogen and oxygen atoms in total. The molecule has 1 N–H and O–H groups in total. The van der Waals surface area contributed by atoms with Crippen LogP contribution in [0.25, 0.3) is 0 Å². The molecule has 1 aliphatic carbocycles. The van der Waals surface area contributed by atoms with E-state index in [1.54, 1.807) is 4.90 Å². The van der Waals surface area contributed by atoms with Gasteiger partial charge in [0, 0.05) is 13.0 Å². The molecule has 0 radical (unpaired) electrons. The van der Waals surface area contributed by atoms with Crippen LogP contribution in [0, 0.1) is 11.8 Å². The molecule has 0 saturated heterocycles. The Bertz CT molecular complexity index is 349. The Kier molecular flexibility index (Phi) is 3.22. The number of amides is 1. The summed E-state index contributed by atoms with van der Waals surface area (Å²) >= 11 is 0. The van der Waals surface area contributed by atoms with Gasteiger partial charge >= 0.3 is 0 Å². The first-order chi connectivity index (χ1) is 7.68. The van der Waals surface area contributed by atoms with E-state index in [0.717, 1.165) is 12.2 Å². The molecule has 1 saturated carbocycles. The maximum atomic E-state index is 12.1. The minimum atomic E-state index is 0.202. The van der Waals surface area contributed by atoms with Gasteiger partial charge in [-0.15, -0.1) is 0 Å². The number of aromatic amines is 1. The fraction of sp³-hybridized carbons (Fsp3) is 0.727. The second-order valence-electron chi connectivity index (χ2n) is 4.64. The van der Waals surface area contributed by atoms with Crippen LogP contribution in [0.3, 0.4) is 0 Å². The van der Waals surface area contributed by atoms with Crippen molar-refractivity contribution in [2.24, 2.45) is 11.8 Å². The lowest BCUT2D eigenvalue weighted by molar-refractivity contribution is -0.135. The summed E-state index contributed by atoms with van der Waals surface area (Å²) in [6, 6.07) is 0. The lowest BCUT2D eigenvalue weighted by atomic mass is 9.97. The lowest BCUT2D eigenvalue weighted by Gasteiger charge is -2.22. The summed E-state index contributed by atoms with van der Waals surface area (Å²) in [6.07, 6.45) is 4.84. The minimum absolute atomic E-state index is 0.202. The molecule has 1 aliphatic rings. The van der Waals surface area contributed by atoms with Crippen molar-refractivity contribution in [3.63, 3.8) is 0 Å². The van der Waals surface area contributed by atoms with Gasteiger partial charge in [-0.05, 0) is 18.8 Å². The molecule has 2 rings (SSSR count). The standard InChI is InChI=1S/C11H18N4O/c1-8-4-3-5-9(8)11(16)15(2)6-10-12-7-13-14-10/h7-9H,3-6H2,1-2H3,(H,12,13,14). The second-order valence-corrected chi connectivity index (χ2v) is 4.64. The van der Waals surface area contributed by atoms with Crippen LogP contribution in [0.4, 0.5) is 0 Å². The molecule has 1 aromatic heterocycles. The largest absolute Gasteiger partial charge is 0.338 e. The predicted octanol–water partition coefficient (Wildman–Crippen LogP) is 1.20. The zero-order valence-electron chi connectivity index (χ0n) is 9.81. The van der Waals surface area contributed by atoms with E-state index in [0.29, 0.717) is 12.5 Å². The van der Waals surface area contributed by atoms with Crippen molar-refractivity contribution >= 4 is 5.91 Å². The normalized spacial score (nSPS) is 24.6. The van der Waals surface area contributed by atoms with E-state index < -0.39 is 0 Å². The molecule has 0 bridgehead atoms. The van der Waals surface area contributed by atoms with Crippen LogP contribution in [-0.2, 0) is 11.3 Å². The van der Waals surface area contributed by atoms with Crippen LogP contribution in [0.5, 0.6) is 0 Å². The maximum Gasteiger partial charge on any atom is 0.226 e. The molecule has 16 heavy (non-hydrogen) atoms. The van der Waals surface area contributed by atoms with E-state index in [9.17, 15) is 4.79 Å². The van der Waals surface area contributed by atoms with Crippen molar-refractivity contribution < 1.29 is 4.79 Å². The minimum Gasteiger partial charge on any atom is -0.338 e. The van der Waals surface area contributed by atoms with Crippen LogP contribution >= 0.6 is 0 Å². The van der Waals surface area contributed by atoms with Crippen LogP contribution in [0.1, 0.15) is 32.0 Å². The van der Waals surface area contributed by atoms with Gasteiger partial charge in [-0.3, -0.25) is 9.89 Å². The number of nitrogens with one attached hydrogen (secondary N) is 1. The summed E-state index contributed by atoms with van der Waals surface area (Å²) in [5.74, 6) is 1.69. The first-order valence-electron chi connectivity index (χ1n) is 5.77. The van der Waals surface area contributed by atoms with Crippen LogP contribution in [0.15, 0.2) is 6.33 Å². The van der Waals surface area contributed by atoms with Gasteiger partial charge in [-0.1, -0.05) is 13.3 Å². The Morgan fingerprint density at radius 1 is 1.62 bits per heavy atom. The quantitative estimate of drug-likeness (QED) is 0.835. The number of hydrogen-bond donors (Lipinski definition) is 1. The number of hydrogen-bond acceptors (Lipinski definition) is 3. The monoisotopic (exact) mass is 222 g/mol. The molecule has 2 atom stereocenters. The summed E-state index contributed by atoms with van der Waals surface area (Å²) in [6.45, 7) is 2.68. The van der Waals surface area contributed by atoms with Gasteiger partial charge in [-0.25, -0.2) is 4.98 Å². The highest BCUT2D eigenvalue weighted by Gasteiger charge is 2.31.